The van der Waals surface area contributed by atoms with Crippen LogP contribution in [0.25, 0.3) is 0 Å². The van der Waals surface area contributed by atoms with Crippen molar-refractivity contribution >= 4 is 17.2 Å². The van der Waals surface area contributed by atoms with Gasteiger partial charge in [0.1, 0.15) is 17.9 Å². The van der Waals surface area contributed by atoms with E-state index in [2.05, 4.69) is 9.97 Å². The second-order valence-electron chi connectivity index (χ2n) is 7.38. The van der Waals surface area contributed by atoms with E-state index in [1.165, 1.54) is 12.4 Å². The monoisotopic (exact) mass is 423 g/mol. The Morgan fingerprint density at radius 2 is 1.71 bits per heavy atom. The molecule has 0 amide bonds. The van der Waals surface area contributed by atoms with Crippen molar-refractivity contribution in [1.29, 1.82) is 0 Å². The Hall–Kier alpha value is -3.75. The number of piperazine rings is 1. The van der Waals surface area contributed by atoms with Crippen molar-refractivity contribution in [2.45, 2.75) is 13.8 Å². The van der Waals surface area contributed by atoms with Crippen LogP contribution >= 0.6 is 0 Å². The maximum atomic E-state index is 14.1. The molecule has 4 rings (SSSR count). The fourth-order valence-electron chi connectivity index (χ4n) is 3.58. The molecule has 0 unspecified atom stereocenters. The first-order valence-corrected chi connectivity index (χ1v) is 9.93. The molecule has 0 N–H and O–H groups in total. The molecule has 2 aromatic carbocycles. The highest BCUT2D eigenvalue weighted by atomic mass is 19.1. The van der Waals surface area contributed by atoms with E-state index in [0.717, 1.165) is 11.1 Å². The molecule has 160 valence electrons. The van der Waals surface area contributed by atoms with Crippen molar-refractivity contribution in [3.63, 3.8) is 0 Å². The van der Waals surface area contributed by atoms with Gasteiger partial charge in [-0.25, -0.2) is 9.37 Å². The summed E-state index contributed by atoms with van der Waals surface area (Å²) >= 11 is 0. The lowest BCUT2D eigenvalue weighted by Gasteiger charge is -2.36. The summed E-state index contributed by atoms with van der Waals surface area (Å²) in [4.78, 5) is 23.3. The Morgan fingerprint density at radius 1 is 1.00 bits per heavy atom. The molecule has 0 aliphatic carbocycles. The number of anilines is 2. The number of benzene rings is 2. The number of halogens is 1. The first-order valence-electron chi connectivity index (χ1n) is 9.93. The van der Waals surface area contributed by atoms with E-state index in [-0.39, 0.29) is 23.2 Å². The van der Waals surface area contributed by atoms with Gasteiger partial charge >= 0.3 is 11.6 Å². The average molecular weight is 423 g/mol. The van der Waals surface area contributed by atoms with E-state index in [1.807, 2.05) is 35.8 Å². The molecule has 0 atom stereocenters. The molecule has 1 aliphatic rings. The molecule has 1 saturated heterocycles. The zero-order chi connectivity index (χ0) is 22.0. The minimum Gasteiger partial charge on any atom is -0.434 e. The van der Waals surface area contributed by atoms with E-state index >= 15 is 0 Å². The number of hydrogen-bond acceptors (Lipinski definition) is 7. The summed E-state index contributed by atoms with van der Waals surface area (Å²) in [6.45, 7) is 5.85. The Balaban J connectivity index is 1.58. The number of ether oxygens (including phenoxy) is 1. The quantitative estimate of drug-likeness (QED) is 0.448. The van der Waals surface area contributed by atoms with Crippen molar-refractivity contribution in [3.05, 3.63) is 75.9 Å². The predicted octanol–water partition coefficient (Wildman–Crippen LogP) is 4.26. The molecular weight excluding hydrogens is 401 g/mol. The van der Waals surface area contributed by atoms with E-state index < -0.39 is 4.92 Å². The Kier molecular flexibility index (Phi) is 5.66. The van der Waals surface area contributed by atoms with Crippen LogP contribution in [0.15, 0.2) is 48.8 Å². The Bertz CT molecular complexity index is 1120. The van der Waals surface area contributed by atoms with E-state index in [9.17, 15) is 14.5 Å². The smallest absolute Gasteiger partial charge is 0.373 e. The third-order valence-corrected chi connectivity index (χ3v) is 5.42. The highest BCUT2D eigenvalue weighted by Gasteiger charge is 2.31. The standard InChI is InChI=1S/C22H22FN5O3/c1-15-7-8-17(13-16(15)2)31-22-20(28(29)30)21(24-14-25-22)27-11-9-26(10-12-27)19-6-4-3-5-18(19)23/h3-8,13-14H,9-12H2,1-2H3. The normalized spacial score (nSPS) is 13.9. The first-order chi connectivity index (χ1) is 14.9. The summed E-state index contributed by atoms with van der Waals surface area (Å²) in [5.41, 5.74) is 2.36. The second-order valence-corrected chi connectivity index (χ2v) is 7.38. The molecule has 3 aromatic rings. The Labute approximate surface area is 179 Å². The fourth-order valence-corrected chi connectivity index (χ4v) is 3.58. The van der Waals surface area contributed by atoms with Crippen LogP contribution in [-0.2, 0) is 0 Å². The predicted molar refractivity (Wildman–Crippen MR) is 116 cm³/mol. The average Bonchev–Trinajstić information content (AvgIpc) is 2.76. The molecule has 9 heteroatoms. The summed E-state index contributed by atoms with van der Waals surface area (Å²) in [5.74, 6) is 0.287. The highest BCUT2D eigenvalue weighted by Crippen LogP contribution is 2.37. The number of nitro groups is 1. The summed E-state index contributed by atoms with van der Waals surface area (Å²) < 4.78 is 19.9. The molecule has 31 heavy (non-hydrogen) atoms. The van der Waals surface area contributed by atoms with Crippen LogP contribution in [-0.4, -0.2) is 41.1 Å². The fraction of sp³-hybridized carbons (Fsp3) is 0.273. The van der Waals surface area contributed by atoms with Crippen LogP contribution in [0.5, 0.6) is 11.6 Å². The number of para-hydroxylation sites is 1. The second kappa shape index (κ2) is 8.55. The van der Waals surface area contributed by atoms with Gasteiger partial charge in [0, 0.05) is 26.2 Å². The van der Waals surface area contributed by atoms with Crippen molar-refractivity contribution in [1.82, 2.24) is 9.97 Å². The molecular formula is C22H22FN5O3. The molecule has 0 spiro atoms. The molecule has 2 heterocycles. The number of aryl methyl sites for hydroxylation is 2. The highest BCUT2D eigenvalue weighted by molar-refractivity contribution is 5.64. The van der Waals surface area contributed by atoms with E-state index in [0.29, 0.717) is 37.6 Å². The number of rotatable bonds is 5. The first kappa shape index (κ1) is 20.5. The molecule has 1 aromatic heterocycles. The Morgan fingerprint density at radius 3 is 2.39 bits per heavy atom. The third kappa shape index (κ3) is 4.25. The van der Waals surface area contributed by atoms with Crippen LogP contribution in [0.2, 0.25) is 0 Å². The van der Waals surface area contributed by atoms with Crippen molar-refractivity contribution in [2.75, 3.05) is 36.0 Å². The molecule has 1 fully saturated rings. The van der Waals surface area contributed by atoms with Gasteiger partial charge in [0.25, 0.3) is 0 Å². The van der Waals surface area contributed by atoms with Crippen LogP contribution in [0.4, 0.5) is 21.6 Å². The largest absolute Gasteiger partial charge is 0.434 e. The third-order valence-electron chi connectivity index (χ3n) is 5.42. The zero-order valence-electron chi connectivity index (χ0n) is 17.3. The maximum absolute atomic E-state index is 14.1. The molecule has 0 radical (unpaired) electrons. The van der Waals surface area contributed by atoms with Crippen molar-refractivity contribution < 1.29 is 14.1 Å². The molecule has 0 saturated carbocycles. The van der Waals surface area contributed by atoms with E-state index in [1.54, 1.807) is 24.3 Å². The number of hydrogen-bond donors (Lipinski definition) is 0. The number of aromatic nitrogens is 2. The van der Waals surface area contributed by atoms with Gasteiger partial charge in [0.2, 0.25) is 5.82 Å². The van der Waals surface area contributed by atoms with Gasteiger partial charge in [-0.05, 0) is 49.2 Å². The summed E-state index contributed by atoms with van der Waals surface area (Å²) in [6.07, 6.45) is 1.27. The van der Waals surface area contributed by atoms with Crippen LogP contribution < -0.4 is 14.5 Å². The minimum absolute atomic E-state index is 0.102. The molecule has 0 bridgehead atoms. The lowest BCUT2D eigenvalue weighted by atomic mass is 10.1. The van der Waals surface area contributed by atoms with Gasteiger partial charge < -0.3 is 14.5 Å². The summed E-state index contributed by atoms with van der Waals surface area (Å²) in [5, 5.41) is 11.9. The van der Waals surface area contributed by atoms with Gasteiger partial charge in [-0.3, -0.25) is 10.1 Å². The van der Waals surface area contributed by atoms with Crippen molar-refractivity contribution in [3.8, 4) is 11.6 Å². The zero-order valence-corrected chi connectivity index (χ0v) is 17.3. The van der Waals surface area contributed by atoms with Gasteiger partial charge in [-0.2, -0.15) is 4.98 Å². The summed E-state index contributed by atoms with van der Waals surface area (Å²) in [6, 6.07) is 12.0. The van der Waals surface area contributed by atoms with Gasteiger partial charge in [-0.1, -0.05) is 18.2 Å². The molecule has 8 nitrogen and oxygen atoms in total. The lowest BCUT2D eigenvalue weighted by molar-refractivity contribution is -0.385. The van der Waals surface area contributed by atoms with Gasteiger partial charge in [-0.15, -0.1) is 0 Å². The van der Waals surface area contributed by atoms with Gasteiger partial charge in [0.15, 0.2) is 0 Å². The van der Waals surface area contributed by atoms with Crippen LogP contribution in [0.3, 0.4) is 0 Å². The lowest BCUT2D eigenvalue weighted by Crippen LogP contribution is -2.47. The van der Waals surface area contributed by atoms with E-state index in [4.69, 9.17) is 4.74 Å². The van der Waals surface area contributed by atoms with Crippen molar-refractivity contribution in [2.24, 2.45) is 0 Å². The topological polar surface area (TPSA) is 84.6 Å². The summed E-state index contributed by atoms with van der Waals surface area (Å²) in [7, 11) is 0. The number of nitrogens with zero attached hydrogens (tertiary/aromatic N) is 5. The van der Waals surface area contributed by atoms with Crippen LogP contribution in [0, 0.1) is 29.8 Å². The maximum Gasteiger partial charge on any atom is 0.373 e. The SMILES string of the molecule is Cc1ccc(Oc2ncnc(N3CCN(c4ccccc4F)CC3)c2[N+](=O)[O-])cc1C. The van der Waals surface area contributed by atoms with Gasteiger partial charge in [0.05, 0.1) is 10.6 Å². The van der Waals surface area contributed by atoms with Crippen LogP contribution in [0.1, 0.15) is 11.1 Å². The minimum atomic E-state index is -0.519. The molecule has 1 aliphatic heterocycles.